The molecular formula is C7H11NO2. The Balaban J connectivity index is 2.50. The molecule has 0 aromatic carbocycles. The van der Waals surface area contributed by atoms with Gasteiger partial charge in [0, 0.05) is 6.42 Å². The predicted octanol–water partition coefficient (Wildman–Crippen LogP) is 1.06. The summed E-state index contributed by atoms with van der Waals surface area (Å²) in [5, 5.41) is 2.62. The number of cyclic esters (lactones) is 1. The summed E-state index contributed by atoms with van der Waals surface area (Å²) < 4.78 is 4.82. The maximum Gasteiger partial charge on any atom is 0.407 e. The van der Waals surface area contributed by atoms with Gasteiger partial charge in [-0.1, -0.05) is 6.08 Å². The molecule has 1 fully saturated rings. The molecule has 1 saturated heterocycles. The van der Waals surface area contributed by atoms with Crippen molar-refractivity contribution in [3.63, 3.8) is 0 Å². The normalized spacial score (nSPS) is 32.3. The number of nitrogens with one attached hydrogen (secondary N) is 1. The number of amides is 1. The molecule has 3 nitrogen and oxygen atoms in total. The van der Waals surface area contributed by atoms with Gasteiger partial charge in [-0.15, -0.1) is 6.58 Å². The summed E-state index contributed by atoms with van der Waals surface area (Å²) in [5.74, 6) is 0. The molecule has 1 aliphatic heterocycles. The van der Waals surface area contributed by atoms with Crippen LogP contribution in [0.3, 0.4) is 0 Å². The average Bonchev–Trinajstić information content (AvgIpc) is 1.85. The van der Waals surface area contributed by atoms with Crippen LogP contribution in [0.4, 0.5) is 4.79 Å². The van der Waals surface area contributed by atoms with Crippen molar-refractivity contribution in [3.8, 4) is 0 Å². The third-order valence-corrected chi connectivity index (χ3v) is 1.48. The molecule has 1 rings (SSSR count). The van der Waals surface area contributed by atoms with Crippen molar-refractivity contribution in [1.29, 1.82) is 0 Å². The summed E-state index contributed by atoms with van der Waals surface area (Å²) >= 11 is 0. The Morgan fingerprint density at radius 3 is 3.10 bits per heavy atom. The highest BCUT2D eigenvalue weighted by Gasteiger charge is 2.21. The van der Waals surface area contributed by atoms with Crippen molar-refractivity contribution in [1.82, 2.24) is 5.32 Å². The number of rotatable bonds is 1. The van der Waals surface area contributed by atoms with E-state index in [0.717, 1.165) is 6.42 Å². The number of hydrogen-bond acceptors (Lipinski definition) is 2. The lowest BCUT2D eigenvalue weighted by molar-refractivity contribution is 0.0752. The van der Waals surface area contributed by atoms with Gasteiger partial charge in [0.25, 0.3) is 0 Å². The largest absolute Gasteiger partial charge is 0.446 e. The second-order valence-electron chi connectivity index (χ2n) is 2.44. The van der Waals surface area contributed by atoms with Crippen molar-refractivity contribution in [2.45, 2.75) is 25.5 Å². The van der Waals surface area contributed by atoms with Crippen LogP contribution in [-0.4, -0.2) is 18.2 Å². The van der Waals surface area contributed by atoms with Gasteiger partial charge in [-0.25, -0.2) is 4.79 Å². The molecule has 10 heavy (non-hydrogen) atoms. The second-order valence-corrected chi connectivity index (χ2v) is 2.44. The number of ether oxygens (including phenoxy) is 1. The van der Waals surface area contributed by atoms with Crippen LogP contribution in [-0.2, 0) is 4.74 Å². The van der Waals surface area contributed by atoms with Crippen molar-refractivity contribution in [3.05, 3.63) is 12.7 Å². The van der Waals surface area contributed by atoms with Crippen molar-refractivity contribution in [2.24, 2.45) is 0 Å². The zero-order valence-corrected chi connectivity index (χ0v) is 5.96. The minimum Gasteiger partial charge on any atom is -0.446 e. The van der Waals surface area contributed by atoms with E-state index in [1.807, 2.05) is 6.92 Å². The highest BCUT2D eigenvalue weighted by atomic mass is 16.6. The molecule has 3 heteroatoms. The van der Waals surface area contributed by atoms with Gasteiger partial charge in [0.15, 0.2) is 0 Å². The first-order valence-corrected chi connectivity index (χ1v) is 3.32. The maximum atomic E-state index is 10.7. The molecule has 0 aliphatic carbocycles. The lowest BCUT2D eigenvalue weighted by atomic mass is 10.1. The third kappa shape index (κ3) is 1.50. The lowest BCUT2D eigenvalue weighted by Gasteiger charge is -2.25. The molecule has 1 heterocycles. The summed E-state index contributed by atoms with van der Waals surface area (Å²) in [6.07, 6.45) is 2.20. The van der Waals surface area contributed by atoms with Gasteiger partial charge < -0.3 is 10.1 Å². The summed E-state index contributed by atoms with van der Waals surface area (Å²) in [6, 6.07) is 0.0799. The molecule has 1 aliphatic rings. The minimum atomic E-state index is -0.344. The quantitative estimate of drug-likeness (QED) is 0.554. The SMILES string of the molecule is C=C[C@@H]1C[C@H](C)OC(=O)N1. The molecule has 0 bridgehead atoms. The molecule has 0 saturated carbocycles. The van der Waals surface area contributed by atoms with Crippen molar-refractivity contribution >= 4 is 6.09 Å². The fraction of sp³-hybridized carbons (Fsp3) is 0.571. The van der Waals surface area contributed by atoms with E-state index in [0.29, 0.717) is 0 Å². The Kier molecular flexibility index (Phi) is 1.94. The molecule has 1 amide bonds. The molecule has 1 N–H and O–H groups in total. The van der Waals surface area contributed by atoms with Crippen LogP contribution in [0.2, 0.25) is 0 Å². The van der Waals surface area contributed by atoms with Crippen LogP contribution in [0.25, 0.3) is 0 Å². The van der Waals surface area contributed by atoms with Crippen LogP contribution in [0.1, 0.15) is 13.3 Å². The van der Waals surface area contributed by atoms with Crippen LogP contribution >= 0.6 is 0 Å². The fourth-order valence-corrected chi connectivity index (χ4v) is 0.988. The minimum absolute atomic E-state index is 0.0109. The highest BCUT2D eigenvalue weighted by Crippen LogP contribution is 2.08. The van der Waals surface area contributed by atoms with E-state index in [-0.39, 0.29) is 18.2 Å². The topological polar surface area (TPSA) is 38.3 Å². The van der Waals surface area contributed by atoms with Crippen LogP contribution in [0.5, 0.6) is 0 Å². The summed E-state index contributed by atoms with van der Waals surface area (Å²) in [7, 11) is 0. The van der Waals surface area contributed by atoms with E-state index in [1.54, 1.807) is 6.08 Å². The van der Waals surface area contributed by atoms with E-state index in [2.05, 4.69) is 11.9 Å². The Morgan fingerprint density at radius 2 is 2.60 bits per heavy atom. The highest BCUT2D eigenvalue weighted by molar-refractivity contribution is 5.68. The molecule has 0 unspecified atom stereocenters. The molecule has 56 valence electrons. The zero-order chi connectivity index (χ0) is 7.56. The van der Waals surface area contributed by atoms with Gasteiger partial charge in [-0.3, -0.25) is 0 Å². The fourth-order valence-electron chi connectivity index (χ4n) is 0.988. The lowest BCUT2D eigenvalue weighted by Crippen LogP contribution is -2.43. The summed E-state index contributed by atoms with van der Waals surface area (Å²) in [5.41, 5.74) is 0. The van der Waals surface area contributed by atoms with Gasteiger partial charge in [0.2, 0.25) is 0 Å². The van der Waals surface area contributed by atoms with Crippen LogP contribution in [0, 0.1) is 0 Å². The summed E-state index contributed by atoms with van der Waals surface area (Å²) in [4.78, 5) is 10.7. The Labute approximate surface area is 60.1 Å². The first kappa shape index (κ1) is 7.12. The smallest absolute Gasteiger partial charge is 0.407 e. The third-order valence-electron chi connectivity index (χ3n) is 1.48. The molecule has 0 radical (unpaired) electrons. The van der Waals surface area contributed by atoms with E-state index >= 15 is 0 Å². The van der Waals surface area contributed by atoms with Crippen molar-refractivity contribution in [2.75, 3.05) is 0 Å². The Hall–Kier alpha value is -0.990. The summed E-state index contributed by atoms with van der Waals surface area (Å²) in [6.45, 7) is 5.45. The van der Waals surface area contributed by atoms with Gasteiger partial charge in [-0.2, -0.15) is 0 Å². The Bertz CT molecular complexity index is 156. The first-order chi connectivity index (χ1) is 4.72. The van der Waals surface area contributed by atoms with Crippen molar-refractivity contribution < 1.29 is 9.53 Å². The molecular weight excluding hydrogens is 130 g/mol. The van der Waals surface area contributed by atoms with E-state index in [4.69, 9.17) is 4.74 Å². The predicted molar refractivity (Wildman–Crippen MR) is 37.7 cm³/mol. The molecule has 0 spiro atoms. The van der Waals surface area contributed by atoms with Gasteiger partial charge in [0.05, 0.1) is 6.04 Å². The van der Waals surface area contributed by atoms with Crippen LogP contribution < -0.4 is 5.32 Å². The van der Waals surface area contributed by atoms with E-state index < -0.39 is 0 Å². The van der Waals surface area contributed by atoms with Gasteiger partial charge in [0.1, 0.15) is 6.10 Å². The number of carbonyl (C=O) groups excluding carboxylic acids is 1. The maximum absolute atomic E-state index is 10.7. The zero-order valence-electron chi connectivity index (χ0n) is 5.96. The molecule has 0 aromatic heterocycles. The standard InChI is InChI=1S/C7H11NO2/c1-3-6-4-5(2)10-7(9)8-6/h3,5-6H,1,4H2,2H3,(H,8,9)/t5-,6+/m0/s1. The molecule has 2 atom stereocenters. The van der Waals surface area contributed by atoms with Gasteiger partial charge in [-0.05, 0) is 6.92 Å². The Morgan fingerprint density at radius 1 is 1.90 bits per heavy atom. The van der Waals surface area contributed by atoms with E-state index in [1.165, 1.54) is 0 Å². The number of alkyl carbamates (subject to hydrolysis) is 1. The average molecular weight is 141 g/mol. The molecule has 0 aromatic rings. The van der Waals surface area contributed by atoms with E-state index in [9.17, 15) is 4.79 Å². The second kappa shape index (κ2) is 2.73. The number of carbonyl (C=O) groups is 1. The van der Waals surface area contributed by atoms with Crippen LogP contribution in [0.15, 0.2) is 12.7 Å². The monoisotopic (exact) mass is 141 g/mol. The number of hydrogen-bond donors (Lipinski definition) is 1. The first-order valence-electron chi connectivity index (χ1n) is 3.32. The van der Waals surface area contributed by atoms with Gasteiger partial charge >= 0.3 is 6.09 Å².